The lowest BCUT2D eigenvalue weighted by Gasteiger charge is -2.32. The average Bonchev–Trinajstić information content (AvgIpc) is 3.06. The van der Waals surface area contributed by atoms with E-state index in [0.29, 0.717) is 17.4 Å². The monoisotopic (exact) mass is 402 g/mol. The van der Waals surface area contributed by atoms with Gasteiger partial charge >= 0.3 is 0 Å². The molecule has 1 atom stereocenters. The lowest BCUT2D eigenvalue weighted by molar-refractivity contribution is -0.116. The van der Waals surface area contributed by atoms with E-state index in [1.165, 1.54) is 12.8 Å². The highest BCUT2D eigenvalue weighted by Crippen LogP contribution is 2.41. The van der Waals surface area contributed by atoms with Gasteiger partial charge in [0.2, 0.25) is 11.1 Å². The lowest BCUT2D eigenvalue weighted by atomic mass is 9.85. The van der Waals surface area contributed by atoms with E-state index in [1.54, 1.807) is 11.8 Å². The van der Waals surface area contributed by atoms with Gasteiger partial charge in [-0.05, 0) is 37.0 Å². The minimum Gasteiger partial charge on any atom is -0.328 e. The Balaban J connectivity index is 1.71. The van der Waals surface area contributed by atoms with E-state index < -0.39 is 0 Å². The Morgan fingerprint density at radius 3 is 3.04 bits per heavy atom. The highest BCUT2D eigenvalue weighted by molar-refractivity contribution is 7.99. The van der Waals surface area contributed by atoms with E-state index >= 15 is 0 Å². The second-order valence-electron chi connectivity index (χ2n) is 6.97. The number of halogens is 1. The molecule has 0 spiro atoms. The molecule has 7 heteroatoms. The molecular weight excluding hydrogens is 380 g/mol. The molecule has 0 radical (unpaired) electrons. The second kappa shape index (κ2) is 8.07. The van der Waals surface area contributed by atoms with Crippen molar-refractivity contribution in [1.29, 1.82) is 0 Å². The predicted molar refractivity (Wildman–Crippen MR) is 109 cm³/mol. The topological polar surface area (TPSA) is 59.8 Å². The van der Waals surface area contributed by atoms with E-state index in [0.717, 1.165) is 47.0 Å². The van der Waals surface area contributed by atoms with Crippen LogP contribution in [0, 0.1) is 0 Å². The van der Waals surface area contributed by atoms with Crippen LogP contribution in [-0.2, 0) is 4.79 Å². The zero-order valence-electron chi connectivity index (χ0n) is 15.4. The Morgan fingerprint density at radius 1 is 1.33 bits per heavy atom. The van der Waals surface area contributed by atoms with Gasteiger partial charge in [-0.25, -0.2) is 4.68 Å². The minimum absolute atomic E-state index is 0.187. The highest BCUT2D eigenvalue weighted by atomic mass is 35.5. The van der Waals surface area contributed by atoms with Crippen LogP contribution >= 0.6 is 23.4 Å². The van der Waals surface area contributed by atoms with E-state index in [2.05, 4.69) is 17.2 Å². The number of Topliss-reactive ketones (excluding diaryl/α,β-unsaturated/α-hetero) is 1. The molecule has 0 saturated carbocycles. The number of rotatable bonds is 6. The molecule has 1 N–H and O–H groups in total. The molecule has 2 aliphatic rings. The summed E-state index contributed by atoms with van der Waals surface area (Å²) in [7, 11) is 0. The third kappa shape index (κ3) is 3.78. The van der Waals surface area contributed by atoms with Gasteiger partial charge in [0.05, 0.1) is 0 Å². The van der Waals surface area contributed by atoms with Crippen molar-refractivity contribution in [2.75, 3.05) is 11.1 Å². The maximum absolute atomic E-state index is 12.8. The molecule has 1 aliphatic heterocycles. The number of aromatic nitrogens is 3. The van der Waals surface area contributed by atoms with Crippen LogP contribution in [0.1, 0.15) is 57.1 Å². The zero-order chi connectivity index (χ0) is 18.8. The molecule has 0 amide bonds. The van der Waals surface area contributed by atoms with Crippen molar-refractivity contribution in [3.63, 3.8) is 0 Å². The normalized spacial score (nSPS) is 18.9. The molecule has 1 unspecified atom stereocenters. The Morgan fingerprint density at radius 2 is 2.22 bits per heavy atom. The van der Waals surface area contributed by atoms with Crippen LogP contribution in [0.4, 0.5) is 5.95 Å². The molecule has 4 rings (SSSR count). The first kappa shape index (κ1) is 18.6. The lowest BCUT2D eigenvalue weighted by Crippen LogP contribution is -2.31. The zero-order valence-corrected chi connectivity index (χ0v) is 16.9. The van der Waals surface area contributed by atoms with E-state index in [1.807, 2.05) is 28.9 Å². The summed E-state index contributed by atoms with van der Waals surface area (Å²) in [4.78, 5) is 17.4. The van der Waals surface area contributed by atoms with Crippen molar-refractivity contribution in [2.24, 2.45) is 0 Å². The molecule has 1 aromatic carbocycles. The van der Waals surface area contributed by atoms with Crippen molar-refractivity contribution in [2.45, 2.75) is 56.6 Å². The number of nitrogens with zero attached hydrogens (tertiary/aromatic N) is 3. The molecule has 142 valence electrons. The quantitative estimate of drug-likeness (QED) is 0.529. The van der Waals surface area contributed by atoms with Crippen molar-refractivity contribution in [1.82, 2.24) is 14.8 Å². The van der Waals surface area contributed by atoms with E-state index in [4.69, 9.17) is 16.7 Å². The number of allylic oxidation sites excluding steroid dienone is 2. The van der Waals surface area contributed by atoms with Gasteiger partial charge < -0.3 is 5.32 Å². The fourth-order valence-electron chi connectivity index (χ4n) is 3.70. The van der Waals surface area contributed by atoms with Crippen LogP contribution in [0.5, 0.6) is 0 Å². The summed E-state index contributed by atoms with van der Waals surface area (Å²) >= 11 is 7.92. The van der Waals surface area contributed by atoms with Crippen molar-refractivity contribution >= 4 is 35.1 Å². The number of hydrogen-bond donors (Lipinski definition) is 1. The van der Waals surface area contributed by atoms with E-state index in [9.17, 15) is 4.79 Å². The summed E-state index contributed by atoms with van der Waals surface area (Å²) in [5, 5.41) is 9.52. The van der Waals surface area contributed by atoms with Crippen molar-refractivity contribution in [3.8, 4) is 0 Å². The van der Waals surface area contributed by atoms with Gasteiger partial charge in [0.25, 0.3) is 0 Å². The number of unbranched alkanes of at least 4 members (excludes halogenated alkanes) is 2. The number of nitrogens with one attached hydrogen (secondary N) is 1. The maximum atomic E-state index is 12.8. The molecule has 5 nitrogen and oxygen atoms in total. The molecule has 1 aromatic heterocycles. The minimum atomic E-state index is -0.264. The standard InChI is InChI=1S/C20H23ClN4OS/c1-2-3-4-11-27-20-23-19-22-15-9-6-10-16(26)17(15)18(25(19)24-20)13-7-5-8-14(21)12-13/h5,7-8,12,18H,2-4,6,9-11H2,1H3,(H,22,23,24). The van der Waals surface area contributed by atoms with Gasteiger partial charge in [-0.1, -0.05) is 55.3 Å². The smallest absolute Gasteiger partial charge is 0.227 e. The molecular formula is C20H23ClN4OS. The molecule has 0 saturated heterocycles. The third-order valence-corrected chi connectivity index (χ3v) is 6.15. The fraction of sp³-hybridized carbons (Fsp3) is 0.450. The summed E-state index contributed by atoms with van der Waals surface area (Å²) in [6.45, 7) is 2.20. The third-order valence-electron chi connectivity index (χ3n) is 4.99. The van der Waals surface area contributed by atoms with Gasteiger partial charge in [0.1, 0.15) is 6.04 Å². The Labute approximate surface area is 168 Å². The van der Waals surface area contributed by atoms with E-state index in [-0.39, 0.29) is 11.8 Å². The van der Waals surface area contributed by atoms with Crippen LogP contribution in [0.2, 0.25) is 5.02 Å². The summed E-state index contributed by atoms with van der Waals surface area (Å²) in [5.41, 5.74) is 2.77. The Bertz CT molecular complexity index is 892. The first-order valence-corrected chi connectivity index (χ1v) is 10.9. The van der Waals surface area contributed by atoms with Crippen molar-refractivity contribution in [3.05, 3.63) is 46.1 Å². The molecule has 2 heterocycles. The molecule has 27 heavy (non-hydrogen) atoms. The van der Waals surface area contributed by atoms with Crippen LogP contribution in [0.25, 0.3) is 0 Å². The number of thioether (sulfide) groups is 1. The maximum Gasteiger partial charge on any atom is 0.227 e. The predicted octanol–water partition coefficient (Wildman–Crippen LogP) is 5.24. The van der Waals surface area contributed by atoms with Crippen LogP contribution in [0.15, 0.2) is 40.7 Å². The summed E-state index contributed by atoms with van der Waals surface area (Å²) < 4.78 is 1.86. The first-order valence-electron chi connectivity index (χ1n) is 9.55. The number of benzene rings is 1. The van der Waals surface area contributed by atoms with Gasteiger partial charge in [-0.2, -0.15) is 4.98 Å². The van der Waals surface area contributed by atoms with Gasteiger partial charge in [-0.3, -0.25) is 4.79 Å². The number of hydrogen-bond acceptors (Lipinski definition) is 5. The SMILES string of the molecule is CCCCCSc1nc2n(n1)C(c1cccc(Cl)c1)C1=C(CCCC1=O)N2. The van der Waals surface area contributed by atoms with Crippen molar-refractivity contribution < 1.29 is 4.79 Å². The number of anilines is 1. The number of fused-ring (bicyclic) bond motifs is 1. The highest BCUT2D eigenvalue weighted by Gasteiger charge is 2.36. The number of carbonyl (C=O) groups is 1. The molecule has 1 aliphatic carbocycles. The first-order chi connectivity index (χ1) is 13.2. The molecule has 0 fully saturated rings. The van der Waals surface area contributed by atoms with Crippen LogP contribution < -0.4 is 5.32 Å². The van der Waals surface area contributed by atoms with Crippen LogP contribution in [-0.4, -0.2) is 26.3 Å². The Hall–Kier alpha value is -1.79. The summed E-state index contributed by atoms with van der Waals surface area (Å²) in [6.07, 6.45) is 5.90. The van der Waals surface area contributed by atoms with Gasteiger partial charge in [-0.15, -0.1) is 5.10 Å². The molecule has 2 aromatic rings. The van der Waals surface area contributed by atoms with Crippen LogP contribution in [0.3, 0.4) is 0 Å². The second-order valence-corrected chi connectivity index (χ2v) is 8.47. The fourth-order valence-corrected chi connectivity index (χ4v) is 4.72. The summed E-state index contributed by atoms with van der Waals surface area (Å²) in [6, 6.07) is 7.43. The number of carbonyl (C=O) groups excluding carboxylic acids is 1. The Kier molecular flexibility index (Phi) is 5.55. The van der Waals surface area contributed by atoms with Gasteiger partial charge in [0, 0.05) is 28.5 Å². The summed E-state index contributed by atoms with van der Waals surface area (Å²) in [5.74, 6) is 1.91. The average molecular weight is 403 g/mol. The number of ketones is 1. The van der Waals surface area contributed by atoms with Gasteiger partial charge in [0.15, 0.2) is 5.78 Å². The molecule has 0 bridgehead atoms. The largest absolute Gasteiger partial charge is 0.328 e.